The van der Waals surface area contributed by atoms with Crippen molar-refractivity contribution >= 4 is 5.91 Å². The van der Waals surface area contributed by atoms with Gasteiger partial charge in [0.1, 0.15) is 0 Å². The summed E-state index contributed by atoms with van der Waals surface area (Å²) < 4.78 is 0. The first-order valence-corrected chi connectivity index (χ1v) is 5.97. The highest BCUT2D eigenvalue weighted by atomic mass is 16.2. The number of likely N-dealkylation sites (tertiary alicyclic amines) is 1. The highest BCUT2D eigenvalue weighted by Crippen LogP contribution is 2.06. The zero-order valence-electron chi connectivity index (χ0n) is 10.4. The second-order valence-corrected chi connectivity index (χ2v) is 4.77. The van der Waals surface area contributed by atoms with Crippen molar-refractivity contribution in [3.8, 4) is 0 Å². The van der Waals surface area contributed by atoms with Gasteiger partial charge in [0.15, 0.2) is 0 Å². The molecular weight excluding hydrogens is 204 g/mol. The van der Waals surface area contributed by atoms with Crippen LogP contribution in [0.5, 0.6) is 0 Å². The number of carbonyl (C=O) groups is 1. The monoisotopic (exact) mass is 228 g/mol. The smallest absolute Gasteiger partial charge is 0.234 e. The Hall–Kier alpha value is -0.650. The van der Waals surface area contributed by atoms with E-state index < -0.39 is 0 Å². The van der Waals surface area contributed by atoms with Crippen LogP contribution in [0.15, 0.2) is 0 Å². The molecule has 5 heteroatoms. The fraction of sp³-hybridized carbons (Fsp3) is 0.909. The van der Waals surface area contributed by atoms with Crippen molar-refractivity contribution < 1.29 is 4.79 Å². The zero-order chi connectivity index (χ0) is 12.0. The quantitative estimate of drug-likeness (QED) is 0.639. The lowest BCUT2D eigenvalue weighted by atomic mass is 10.1. The number of nitrogens with zero attached hydrogens (tertiary/aromatic N) is 2. The van der Waals surface area contributed by atoms with Crippen LogP contribution in [0.3, 0.4) is 0 Å². The van der Waals surface area contributed by atoms with Crippen molar-refractivity contribution in [3.63, 3.8) is 0 Å². The number of nitrogens with two attached hydrogens (primary N) is 1. The van der Waals surface area contributed by atoms with Gasteiger partial charge in [-0.1, -0.05) is 0 Å². The van der Waals surface area contributed by atoms with E-state index in [0.717, 1.165) is 39.0 Å². The lowest BCUT2D eigenvalue weighted by molar-refractivity contribution is -0.121. The summed E-state index contributed by atoms with van der Waals surface area (Å²) in [6, 6.07) is 0.375. The predicted molar refractivity (Wildman–Crippen MR) is 65.2 cm³/mol. The summed E-state index contributed by atoms with van der Waals surface area (Å²) in [7, 11) is 3.79. The number of amides is 1. The van der Waals surface area contributed by atoms with Gasteiger partial charge < -0.3 is 20.9 Å². The molecule has 0 aromatic heterocycles. The minimum absolute atomic E-state index is 0.0960. The Kier molecular flexibility index (Phi) is 5.73. The molecule has 0 aromatic carbocycles. The van der Waals surface area contributed by atoms with Crippen LogP contribution in [0.1, 0.15) is 12.8 Å². The second-order valence-electron chi connectivity index (χ2n) is 4.77. The molecule has 1 rings (SSSR count). The van der Waals surface area contributed by atoms with Gasteiger partial charge in [-0.25, -0.2) is 0 Å². The fourth-order valence-corrected chi connectivity index (χ4v) is 1.87. The number of piperidine rings is 1. The Bertz CT molecular complexity index is 212. The third-order valence-electron chi connectivity index (χ3n) is 2.84. The molecule has 0 aromatic rings. The van der Waals surface area contributed by atoms with Crippen molar-refractivity contribution in [2.45, 2.75) is 18.9 Å². The largest absolute Gasteiger partial charge is 0.354 e. The maximum Gasteiger partial charge on any atom is 0.234 e. The van der Waals surface area contributed by atoms with Crippen molar-refractivity contribution in [1.29, 1.82) is 0 Å². The lowest BCUT2D eigenvalue weighted by Gasteiger charge is -2.29. The molecule has 1 saturated heterocycles. The van der Waals surface area contributed by atoms with E-state index in [2.05, 4.69) is 10.2 Å². The Labute approximate surface area is 98.0 Å². The van der Waals surface area contributed by atoms with Crippen LogP contribution in [-0.4, -0.2) is 68.6 Å². The molecule has 3 N–H and O–H groups in total. The van der Waals surface area contributed by atoms with E-state index >= 15 is 0 Å². The lowest BCUT2D eigenvalue weighted by Crippen LogP contribution is -2.44. The first kappa shape index (κ1) is 13.4. The second kappa shape index (κ2) is 6.83. The summed E-state index contributed by atoms with van der Waals surface area (Å²) in [5.41, 5.74) is 5.83. The normalized spacial score (nSPS) is 19.0. The van der Waals surface area contributed by atoms with Crippen LogP contribution in [-0.2, 0) is 4.79 Å². The Morgan fingerprint density at radius 2 is 2.06 bits per heavy atom. The van der Waals surface area contributed by atoms with E-state index in [0.29, 0.717) is 12.6 Å². The van der Waals surface area contributed by atoms with E-state index in [4.69, 9.17) is 5.73 Å². The minimum atomic E-state index is 0.0960. The third-order valence-corrected chi connectivity index (χ3v) is 2.84. The van der Waals surface area contributed by atoms with Gasteiger partial charge in [0, 0.05) is 19.1 Å². The van der Waals surface area contributed by atoms with Gasteiger partial charge in [-0.2, -0.15) is 0 Å². The van der Waals surface area contributed by atoms with Crippen LogP contribution in [0.4, 0.5) is 0 Å². The molecule has 0 radical (unpaired) electrons. The molecule has 1 aliphatic heterocycles. The zero-order valence-corrected chi connectivity index (χ0v) is 10.4. The Balaban J connectivity index is 2.04. The van der Waals surface area contributed by atoms with Crippen LogP contribution in [0.2, 0.25) is 0 Å². The number of likely N-dealkylation sites (N-methyl/N-ethyl adjacent to an activating group) is 1. The van der Waals surface area contributed by atoms with E-state index in [9.17, 15) is 4.79 Å². The fourth-order valence-electron chi connectivity index (χ4n) is 1.87. The molecule has 1 heterocycles. The van der Waals surface area contributed by atoms with Crippen molar-refractivity contribution in [1.82, 2.24) is 15.1 Å². The standard InChI is InChI=1S/C11H24N4O/c1-14(2)9-11(16)13-5-8-15-6-3-10(12)4-7-15/h10H,3-9,12H2,1-2H3,(H,13,16). The highest BCUT2D eigenvalue weighted by Gasteiger charge is 2.15. The number of rotatable bonds is 5. The molecule has 1 amide bonds. The van der Waals surface area contributed by atoms with Gasteiger partial charge in [0.25, 0.3) is 0 Å². The van der Waals surface area contributed by atoms with Gasteiger partial charge in [0.05, 0.1) is 6.54 Å². The molecule has 94 valence electrons. The molecule has 0 spiro atoms. The number of carbonyl (C=O) groups excluding carboxylic acids is 1. The molecule has 16 heavy (non-hydrogen) atoms. The Morgan fingerprint density at radius 3 is 2.62 bits per heavy atom. The maximum atomic E-state index is 11.4. The van der Waals surface area contributed by atoms with Crippen molar-refractivity contribution in [2.75, 3.05) is 46.8 Å². The minimum Gasteiger partial charge on any atom is -0.354 e. The van der Waals surface area contributed by atoms with Gasteiger partial charge >= 0.3 is 0 Å². The average molecular weight is 228 g/mol. The summed E-state index contributed by atoms with van der Waals surface area (Å²) in [6.07, 6.45) is 2.15. The Morgan fingerprint density at radius 1 is 1.44 bits per heavy atom. The molecule has 0 aliphatic carbocycles. The number of hydrogen-bond acceptors (Lipinski definition) is 4. The van der Waals surface area contributed by atoms with Crippen LogP contribution in [0.25, 0.3) is 0 Å². The van der Waals surface area contributed by atoms with E-state index in [1.54, 1.807) is 0 Å². The maximum absolute atomic E-state index is 11.4. The van der Waals surface area contributed by atoms with Crippen molar-refractivity contribution in [3.05, 3.63) is 0 Å². The summed E-state index contributed by atoms with van der Waals surface area (Å²) in [5, 5.41) is 2.92. The van der Waals surface area contributed by atoms with E-state index in [-0.39, 0.29) is 5.91 Å². The summed E-state index contributed by atoms with van der Waals surface area (Å²) in [6.45, 7) is 4.26. The molecular formula is C11H24N4O. The van der Waals surface area contributed by atoms with Gasteiger partial charge in [-0.05, 0) is 40.0 Å². The van der Waals surface area contributed by atoms with Crippen LogP contribution < -0.4 is 11.1 Å². The highest BCUT2D eigenvalue weighted by molar-refractivity contribution is 5.77. The average Bonchev–Trinajstić information content (AvgIpc) is 2.20. The molecule has 0 saturated carbocycles. The molecule has 0 unspecified atom stereocenters. The van der Waals surface area contributed by atoms with E-state index in [1.165, 1.54) is 0 Å². The summed E-state index contributed by atoms with van der Waals surface area (Å²) in [4.78, 5) is 15.6. The molecule has 5 nitrogen and oxygen atoms in total. The van der Waals surface area contributed by atoms with E-state index in [1.807, 2.05) is 19.0 Å². The topological polar surface area (TPSA) is 61.6 Å². The van der Waals surface area contributed by atoms with Crippen LogP contribution >= 0.6 is 0 Å². The number of nitrogens with one attached hydrogen (secondary N) is 1. The summed E-state index contributed by atoms with van der Waals surface area (Å²) in [5.74, 6) is 0.0960. The first-order valence-electron chi connectivity index (χ1n) is 5.97. The van der Waals surface area contributed by atoms with Gasteiger partial charge in [-0.3, -0.25) is 4.79 Å². The summed E-state index contributed by atoms with van der Waals surface area (Å²) >= 11 is 0. The van der Waals surface area contributed by atoms with Crippen molar-refractivity contribution in [2.24, 2.45) is 5.73 Å². The van der Waals surface area contributed by atoms with Gasteiger partial charge in [0.2, 0.25) is 5.91 Å². The molecule has 1 aliphatic rings. The van der Waals surface area contributed by atoms with Gasteiger partial charge in [-0.15, -0.1) is 0 Å². The molecule has 1 fully saturated rings. The number of hydrogen-bond donors (Lipinski definition) is 2. The molecule has 0 atom stereocenters. The third kappa shape index (κ3) is 5.44. The SMILES string of the molecule is CN(C)CC(=O)NCCN1CCC(N)CC1. The predicted octanol–water partition coefficient (Wildman–Crippen LogP) is -0.913. The van der Waals surface area contributed by atoms with Crippen LogP contribution in [0, 0.1) is 0 Å². The molecule has 0 bridgehead atoms. The first-order chi connectivity index (χ1) is 7.58.